The molecule has 0 bridgehead atoms. The molecule has 116 valence electrons. The van der Waals surface area contributed by atoms with E-state index in [1.54, 1.807) is 0 Å². The molecule has 0 aromatic rings. The Morgan fingerprint density at radius 2 is 1.95 bits per heavy atom. The Bertz CT molecular complexity index is 337. The second-order valence-electron chi connectivity index (χ2n) is 7.23. The lowest BCUT2D eigenvalue weighted by Crippen LogP contribution is -2.53. The summed E-state index contributed by atoms with van der Waals surface area (Å²) in [6.45, 7) is 7.27. The van der Waals surface area contributed by atoms with Crippen LogP contribution in [0.25, 0.3) is 0 Å². The van der Waals surface area contributed by atoms with E-state index in [-0.39, 0.29) is 11.7 Å². The molecule has 3 saturated heterocycles. The van der Waals surface area contributed by atoms with Gasteiger partial charge in [-0.25, -0.2) is 0 Å². The van der Waals surface area contributed by atoms with Crippen LogP contribution in [0.4, 0.5) is 0 Å². The topological polar surface area (TPSA) is 47.9 Å². The lowest BCUT2D eigenvalue weighted by atomic mass is 9.70. The Morgan fingerprint density at radius 3 is 2.65 bits per heavy atom. The van der Waals surface area contributed by atoms with Gasteiger partial charge in [-0.15, -0.1) is 0 Å². The fourth-order valence-corrected chi connectivity index (χ4v) is 4.05. The Morgan fingerprint density at radius 1 is 1.10 bits per heavy atom. The third kappa shape index (κ3) is 2.76. The minimum atomic E-state index is -0.577. The van der Waals surface area contributed by atoms with Crippen molar-refractivity contribution in [3.63, 3.8) is 0 Å². The monoisotopic (exact) mass is 284 g/mol. The summed E-state index contributed by atoms with van der Waals surface area (Å²) in [6, 6.07) is 0. The van der Waals surface area contributed by atoms with Crippen LogP contribution in [-0.4, -0.2) is 48.8 Å². The van der Waals surface area contributed by atoms with Gasteiger partial charge < -0.3 is 19.3 Å². The largest absolute Gasteiger partial charge is 0.389 e. The Kier molecular flexibility index (Phi) is 4.10. The molecule has 0 aromatic carbocycles. The van der Waals surface area contributed by atoms with Crippen LogP contribution in [0.2, 0.25) is 0 Å². The van der Waals surface area contributed by atoms with Crippen LogP contribution in [-0.2, 0) is 14.2 Å². The van der Waals surface area contributed by atoms with Gasteiger partial charge in [-0.1, -0.05) is 13.8 Å². The summed E-state index contributed by atoms with van der Waals surface area (Å²) in [7, 11) is 0. The first-order chi connectivity index (χ1) is 9.53. The zero-order chi connectivity index (χ0) is 14.2. The highest BCUT2D eigenvalue weighted by Crippen LogP contribution is 2.44. The molecule has 20 heavy (non-hydrogen) atoms. The van der Waals surface area contributed by atoms with Gasteiger partial charge in [0, 0.05) is 32.7 Å². The Balaban J connectivity index is 1.70. The SMILES string of the molecule is CC(C)C1CC(O)(C2CCOC3(CCOC3)C2)CCO1. The highest BCUT2D eigenvalue weighted by atomic mass is 16.6. The van der Waals surface area contributed by atoms with Gasteiger partial charge in [0.15, 0.2) is 0 Å². The van der Waals surface area contributed by atoms with Crippen LogP contribution in [0.5, 0.6) is 0 Å². The average molecular weight is 284 g/mol. The van der Waals surface area contributed by atoms with Gasteiger partial charge in [-0.05, 0) is 31.1 Å². The molecular weight excluding hydrogens is 256 g/mol. The molecule has 0 saturated carbocycles. The van der Waals surface area contributed by atoms with Crippen molar-refractivity contribution in [2.24, 2.45) is 11.8 Å². The van der Waals surface area contributed by atoms with E-state index in [0.29, 0.717) is 25.0 Å². The standard InChI is InChI=1S/C16H28O4/c1-12(2)14-10-16(17,5-8-19-14)13-3-6-20-15(9-13)4-7-18-11-15/h12-14,17H,3-11H2,1-2H3. The van der Waals surface area contributed by atoms with Crippen LogP contribution in [0.3, 0.4) is 0 Å². The zero-order valence-corrected chi connectivity index (χ0v) is 12.8. The van der Waals surface area contributed by atoms with Crippen LogP contribution in [0.1, 0.15) is 46.0 Å². The van der Waals surface area contributed by atoms with Gasteiger partial charge in [0.1, 0.15) is 0 Å². The summed E-state index contributed by atoms with van der Waals surface area (Å²) in [5.41, 5.74) is -0.698. The van der Waals surface area contributed by atoms with E-state index in [1.807, 2.05) is 0 Å². The van der Waals surface area contributed by atoms with Gasteiger partial charge >= 0.3 is 0 Å². The highest BCUT2D eigenvalue weighted by Gasteiger charge is 2.49. The first-order valence-corrected chi connectivity index (χ1v) is 8.09. The van der Waals surface area contributed by atoms with Gasteiger partial charge in [0.25, 0.3) is 0 Å². The van der Waals surface area contributed by atoms with Gasteiger partial charge in [0.05, 0.1) is 23.9 Å². The fraction of sp³-hybridized carbons (Fsp3) is 1.00. The maximum atomic E-state index is 11.2. The molecule has 4 unspecified atom stereocenters. The molecule has 0 radical (unpaired) electrons. The van der Waals surface area contributed by atoms with Gasteiger partial charge in [-0.2, -0.15) is 0 Å². The number of ether oxygens (including phenoxy) is 3. The third-order valence-corrected chi connectivity index (χ3v) is 5.49. The molecule has 1 N–H and O–H groups in total. The van der Waals surface area contributed by atoms with Crippen molar-refractivity contribution in [1.29, 1.82) is 0 Å². The molecule has 3 heterocycles. The Hall–Kier alpha value is -0.160. The van der Waals surface area contributed by atoms with Crippen molar-refractivity contribution in [3.8, 4) is 0 Å². The lowest BCUT2D eigenvalue weighted by Gasteiger charge is -2.48. The summed E-state index contributed by atoms with van der Waals surface area (Å²) < 4.78 is 17.4. The van der Waals surface area contributed by atoms with Crippen molar-refractivity contribution >= 4 is 0 Å². The average Bonchev–Trinajstić information content (AvgIpc) is 2.87. The number of rotatable bonds is 2. The van der Waals surface area contributed by atoms with Crippen LogP contribution in [0, 0.1) is 11.8 Å². The van der Waals surface area contributed by atoms with Crippen LogP contribution >= 0.6 is 0 Å². The molecule has 3 aliphatic heterocycles. The lowest BCUT2D eigenvalue weighted by molar-refractivity contribution is -0.184. The molecule has 0 amide bonds. The first kappa shape index (κ1) is 14.8. The molecule has 3 rings (SSSR count). The molecule has 1 spiro atoms. The minimum Gasteiger partial charge on any atom is -0.389 e. The predicted molar refractivity (Wildman–Crippen MR) is 75.6 cm³/mol. The van der Waals surface area contributed by atoms with Crippen molar-refractivity contribution in [2.45, 2.75) is 63.3 Å². The third-order valence-electron chi connectivity index (χ3n) is 5.49. The summed E-state index contributed by atoms with van der Waals surface area (Å²) in [5, 5.41) is 11.2. The maximum absolute atomic E-state index is 11.2. The van der Waals surface area contributed by atoms with E-state index in [4.69, 9.17) is 14.2 Å². The van der Waals surface area contributed by atoms with E-state index in [2.05, 4.69) is 13.8 Å². The van der Waals surface area contributed by atoms with E-state index >= 15 is 0 Å². The van der Waals surface area contributed by atoms with Crippen molar-refractivity contribution in [3.05, 3.63) is 0 Å². The van der Waals surface area contributed by atoms with E-state index < -0.39 is 5.60 Å². The van der Waals surface area contributed by atoms with E-state index in [0.717, 1.165) is 45.3 Å². The number of aliphatic hydroxyl groups is 1. The molecular formula is C16H28O4. The molecule has 3 aliphatic rings. The molecule has 4 nitrogen and oxygen atoms in total. The molecule has 3 fully saturated rings. The minimum absolute atomic E-state index is 0.121. The predicted octanol–water partition coefficient (Wildman–Crippen LogP) is 2.14. The second-order valence-corrected chi connectivity index (χ2v) is 7.23. The second kappa shape index (κ2) is 5.56. The molecule has 4 heteroatoms. The molecule has 4 atom stereocenters. The zero-order valence-electron chi connectivity index (χ0n) is 12.8. The van der Waals surface area contributed by atoms with Crippen molar-refractivity contribution in [1.82, 2.24) is 0 Å². The van der Waals surface area contributed by atoms with Gasteiger partial charge in [0.2, 0.25) is 0 Å². The van der Waals surface area contributed by atoms with Crippen molar-refractivity contribution in [2.75, 3.05) is 26.4 Å². The quantitative estimate of drug-likeness (QED) is 0.844. The number of hydrogen-bond acceptors (Lipinski definition) is 4. The van der Waals surface area contributed by atoms with E-state index in [9.17, 15) is 5.11 Å². The normalized spacial score (nSPS) is 46.2. The van der Waals surface area contributed by atoms with Crippen LogP contribution in [0.15, 0.2) is 0 Å². The van der Waals surface area contributed by atoms with Gasteiger partial charge in [-0.3, -0.25) is 0 Å². The number of hydrogen-bond donors (Lipinski definition) is 1. The highest BCUT2D eigenvalue weighted by molar-refractivity contribution is 4.99. The maximum Gasteiger partial charge on any atom is 0.0940 e. The fourth-order valence-electron chi connectivity index (χ4n) is 4.05. The summed E-state index contributed by atoms with van der Waals surface area (Å²) in [5.74, 6) is 0.786. The first-order valence-electron chi connectivity index (χ1n) is 8.09. The van der Waals surface area contributed by atoms with Crippen LogP contribution < -0.4 is 0 Å². The smallest absolute Gasteiger partial charge is 0.0940 e. The summed E-state index contributed by atoms with van der Waals surface area (Å²) >= 11 is 0. The summed E-state index contributed by atoms with van der Waals surface area (Å²) in [4.78, 5) is 0. The molecule has 0 aliphatic carbocycles. The van der Waals surface area contributed by atoms with E-state index in [1.165, 1.54) is 0 Å². The van der Waals surface area contributed by atoms with Crippen molar-refractivity contribution < 1.29 is 19.3 Å². The Labute approximate surface area is 121 Å². The summed E-state index contributed by atoms with van der Waals surface area (Å²) in [6.07, 6.45) is 4.60. The molecule has 0 aromatic heterocycles.